The van der Waals surface area contributed by atoms with Gasteiger partial charge in [-0.15, -0.1) is 11.8 Å². The monoisotopic (exact) mass is 410 g/mol. The van der Waals surface area contributed by atoms with Gasteiger partial charge in [0.15, 0.2) is 0 Å². The summed E-state index contributed by atoms with van der Waals surface area (Å²) in [5, 5.41) is 3.03. The van der Waals surface area contributed by atoms with Crippen molar-refractivity contribution >= 4 is 17.7 Å². The molecule has 0 fully saturated rings. The highest BCUT2D eigenvalue weighted by atomic mass is 32.2. The standard InChI is InChI=1S/C23H26N2O3S/c1-4-27-20-12-10-19(11-13-20)23-25-21(17(3)28-23)14-29-15-22(26)24-16(2)18-8-6-5-7-9-18/h5-13,16H,4,14-15H2,1-3H3,(H,24,26)/t16-/m0/s1. The fourth-order valence-electron chi connectivity index (χ4n) is 2.89. The molecule has 0 spiro atoms. The molecule has 0 aliphatic rings. The number of ether oxygens (including phenoxy) is 1. The van der Waals surface area contributed by atoms with E-state index >= 15 is 0 Å². The Hall–Kier alpha value is -2.73. The summed E-state index contributed by atoms with van der Waals surface area (Å²) in [4.78, 5) is 16.8. The molecular weight excluding hydrogens is 384 g/mol. The van der Waals surface area contributed by atoms with E-state index in [1.165, 1.54) is 11.8 Å². The van der Waals surface area contributed by atoms with Gasteiger partial charge >= 0.3 is 0 Å². The van der Waals surface area contributed by atoms with Gasteiger partial charge in [-0.2, -0.15) is 0 Å². The minimum Gasteiger partial charge on any atom is -0.494 e. The molecule has 6 heteroatoms. The van der Waals surface area contributed by atoms with Crippen molar-refractivity contribution in [2.75, 3.05) is 12.4 Å². The predicted molar refractivity (Wildman–Crippen MR) is 117 cm³/mol. The summed E-state index contributed by atoms with van der Waals surface area (Å²) >= 11 is 1.53. The minimum absolute atomic E-state index is 0.00986. The Labute approximate surface area is 175 Å². The van der Waals surface area contributed by atoms with E-state index in [1.807, 2.05) is 75.4 Å². The van der Waals surface area contributed by atoms with Crippen LogP contribution in [0.2, 0.25) is 0 Å². The Balaban J connectivity index is 1.51. The van der Waals surface area contributed by atoms with Crippen molar-refractivity contribution in [3.05, 3.63) is 71.6 Å². The Bertz CT molecular complexity index is 923. The number of aryl methyl sites for hydroxylation is 1. The van der Waals surface area contributed by atoms with Crippen LogP contribution < -0.4 is 10.1 Å². The van der Waals surface area contributed by atoms with Crippen molar-refractivity contribution in [3.63, 3.8) is 0 Å². The van der Waals surface area contributed by atoms with Gasteiger partial charge in [0.05, 0.1) is 24.1 Å². The van der Waals surface area contributed by atoms with Gasteiger partial charge in [0, 0.05) is 11.3 Å². The van der Waals surface area contributed by atoms with Crippen molar-refractivity contribution in [3.8, 4) is 17.2 Å². The summed E-state index contributed by atoms with van der Waals surface area (Å²) in [5.41, 5.74) is 2.86. The lowest BCUT2D eigenvalue weighted by molar-refractivity contribution is -0.119. The van der Waals surface area contributed by atoms with Crippen LogP contribution in [0.25, 0.3) is 11.5 Å². The Morgan fingerprint density at radius 2 is 1.90 bits per heavy atom. The number of carbonyl (C=O) groups is 1. The van der Waals surface area contributed by atoms with Crippen LogP contribution in [0, 0.1) is 6.92 Å². The molecular formula is C23H26N2O3S. The van der Waals surface area contributed by atoms with E-state index in [1.54, 1.807) is 0 Å². The van der Waals surface area contributed by atoms with Gasteiger partial charge in [-0.1, -0.05) is 30.3 Å². The fourth-order valence-corrected chi connectivity index (χ4v) is 3.73. The second-order valence-electron chi connectivity index (χ2n) is 6.67. The summed E-state index contributed by atoms with van der Waals surface area (Å²) in [6.45, 7) is 6.48. The fraction of sp³-hybridized carbons (Fsp3) is 0.304. The lowest BCUT2D eigenvalue weighted by Crippen LogP contribution is -2.28. The van der Waals surface area contributed by atoms with Crippen molar-refractivity contribution in [1.82, 2.24) is 10.3 Å². The molecule has 0 saturated carbocycles. The van der Waals surface area contributed by atoms with E-state index in [0.29, 0.717) is 24.0 Å². The zero-order valence-corrected chi connectivity index (χ0v) is 17.8. The first-order valence-electron chi connectivity index (χ1n) is 9.68. The van der Waals surface area contributed by atoms with E-state index in [-0.39, 0.29) is 11.9 Å². The SMILES string of the molecule is CCOc1ccc(-c2nc(CSCC(=O)N[C@@H](C)c3ccccc3)c(C)o2)cc1. The summed E-state index contributed by atoms with van der Waals surface area (Å²) in [7, 11) is 0. The van der Waals surface area contributed by atoms with Crippen LogP contribution in [0.4, 0.5) is 0 Å². The maximum Gasteiger partial charge on any atom is 0.230 e. The van der Waals surface area contributed by atoms with E-state index in [9.17, 15) is 4.79 Å². The van der Waals surface area contributed by atoms with Crippen molar-refractivity contribution in [1.29, 1.82) is 0 Å². The molecule has 0 bridgehead atoms. The van der Waals surface area contributed by atoms with Gasteiger partial charge < -0.3 is 14.5 Å². The van der Waals surface area contributed by atoms with Crippen molar-refractivity contribution in [2.24, 2.45) is 0 Å². The number of benzene rings is 2. The Morgan fingerprint density at radius 1 is 1.17 bits per heavy atom. The summed E-state index contributed by atoms with van der Waals surface area (Å²) < 4.78 is 11.3. The van der Waals surface area contributed by atoms with Crippen LogP contribution in [0.3, 0.4) is 0 Å². The molecule has 5 nitrogen and oxygen atoms in total. The number of carbonyl (C=O) groups excluding carboxylic acids is 1. The third kappa shape index (κ3) is 5.87. The van der Waals surface area contributed by atoms with Crippen LogP contribution in [-0.2, 0) is 10.5 Å². The maximum atomic E-state index is 12.2. The molecule has 0 aliphatic carbocycles. The number of aromatic nitrogens is 1. The first-order chi connectivity index (χ1) is 14.1. The number of oxazole rings is 1. The van der Waals surface area contributed by atoms with Crippen LogP contribution in [0.5, 0.6) is 5.75 Å². The largest absolute Gasteiger partial charge is 0.494 e. The lowest BCUT2D eigenvalue weighted by Gasteiger charge is -2.13. The highest BCUT2D eigenvalue weighted by Crippen LogP contribution is 2.26. The normalized spacial score (nSPS) is 11.8. The second kappa shape index (κ2) is 10.2. The van der Waals surface area contributed by atoms with Crippen LogP contribution in [0.1, 0.15) is 36.9 Å². The molecule has 1 N–H and O–H groups in total. The zero-order valence-electron chi connectivity index (χ0n) is 17.0. The summed E-state index contributed by atoms with van der Waals surface area (Å²) in [5.74, 6) is 3.20. The number of amides is 1. The lowest BCUT2D eigenvalue weighted by atomic mass is 10.1. The zero-order chi connectivity index (χ0) is 20.6. The van der Waals surface area contributed by atoms with Gasteiger partial charge in [0.2, 0.25) is 11.8 Å². The molecule has 3 rings (SSSR count). The number of thioether (sulfide) groups is 1. The number of nitrogens with one attached hydrogen (secondary N) is 1. The molecule has 1 aromatic heterocycles. The molecule has 1 heterocycles. The minimum atomic E-state index is -0.00986. The molecule has 1 amide bonds. The van der Waals surface area contributed by atoms with Gasteiger partial charge in [-0.3, -0.25) is 4.79 Å². The first kappa shape index (κ1) is 21.0. The van der Waals surface area contributed by atoms with Crippen LogP contribution >= 0.6 is 11.8 Å². The molecule has 1 atom stereocenters. The average Bonchev–Trinajstić information content (AvgIpc) is 3.10. The number of rotatable bonds is 9. The third-order valence-corrected chi connectivity index (χ3v) is 5.40. The predicted octanol–water partition coefficient (Wildman–Crippen LogP) is 5.16. The quantitative estimate of drug-likeness (QED) is 0.528. The topological polar surface area (TPSA) is 64.4 Å². The van der Waals surface area contributed by atoms with E-state index in [2.05, 4.69) is 10.3 Å². The Morgan fingerprint density at radius 3 is 2.59 bits per heavy atom. The Kier molecular flexibility index (Phi) is 7.36. The first-order valence-corrected chi connectivity index (χ1v) is 10.8. The van der Waals surface area contributed by atoms with Crippen molar-refractivity contribution < 1.29 is 13.9 Å². The molecule has 0 radical (unpaired) electrons. The molecule has 0 unspecified atom stereocenters. The smallest absolute Gasteiger partial charge is 0.230 e. The van der Waals surface area contributed by atoms with Crippen LogP contribution in [-0.4, -0.2) is 23.3 Å². The van der Waals surface area contributed by atoms with Crippen LogP contribution in [0.15, 0.2) is 59.0 Å². The molecule has 0 saturated heterocycles. The molecule has 3 aromatic rings. The van der Waals surface area contributed by atoms with E-state index in [0.717, 1.165) is 28.3 Å². The number of nitrogens with zero attached hydrogens (tertiary/aromatic N) is 1. The van der Waals surface area contributed by atoms with Crippen molar-refractivity contribution in [2.45, 2.75) is 32.6 Å². The molecule has 152 valence electrons. The highest BCUT2D eigenvalue weighted by molar-refractivity contribution is 7.99. The highest BCUT2D eigenvalue weighted by Gasteiger charge is 2.13. The molecule has 2 aromatic carbocycles. The number of hydrogen-bond acceptors (Lipinski definition) is 5. The van der Waals surface area contributed by atoms with E-state index in [4.69, 9.17) is 9.15 Å². The summed E-state index contributed by atoms with van der Waals surface area (Å²) in [6, 6.07) is 17.6. The maximum absolute atomic E-state index is 12.2. The average molecular weight is 411 g/mol. The van der Waals surface area contributed by atoms with E-state index < -0.39 is 0 Å². The van der Waals surface area contributed by atoms with Gasteiger partial charge in [0.1, 0.15) is 11.5 Å². The summed E-state index contributed by atoms with van der Waals surface area (Å²) in [6.07, 6.45) is 0. The van der Waals surface area contributed by atoms with Gasteiger partial charge in [-0.25, -0.2) is 4.98 Å². The molecule has 0 aliphatic heterocycles. The van der Waals surface area contributed by atoms with Gasteiger partial charge in [-0.05, 0) is 50.6 Å². The third-order valence-electron chi connectivity index (χ3n) is 4.45. The number of hydrogen-bond donors (Lipinski definition) is 1. The second-order valence-corrected chi connectivity index (χ2v) is 7.66. The van der Waals surface area contributed by atoms with Gasteiger partial charge in [0.25, 0.3) is 0 Å². The molecule has 29 heavy (non-hydrogen) atoms.